The van der Waals surface area contributed by atoms with Crippen LogP contribution in [0.3, 0.4) is 0 Å². The molecular formula is C20H23N3O6. The Hall–Kier alpha value is -3.49. The highest BCUT2D eigenvalue weighted by Crippen LogP contribution is 2.16. The molecule has 1 aromatic carbocycles. The van der Waals surface area contributed by atoms with E-state index in [1.807, 2.05) is 12.1 Å². The molecule has 2 atom stereocenters. The molecule has 2 amide bonds. The van der Waals surface area contributed by atoms with Crippen LogP contribution in [0.4, 0.5) is 0 Å². The van der Waals surface area contributed by atoms with E-state index in [4.69, 9.17) is 15.2 Å². The maximum Gasteiger partial charge on any atom is 0.312 e. The van der Waals surface area contributed by atoms with Gasteiger partial charge < -0.3 is 20.5 Å². The molecule has 3 N–H and O–H groups in total. The summed E-state index contributed by atoms with van der Waals surface area (Å²) in [5, 5.41) is 3.24. The Morgan fingerprint density at radius 1 is 1.03 bits per heavy atom. The summed E-state index contributed by atoms with van der Waals surface area (Å²) in [6.07, 6.45) is -0.467. The molecule has 0 spiro atoms. The number of carbonyl (C=O) groups excluding carboxylic acids is 4. The Labute approximate surface area is 167 Å². The fourth-order valence-electron chi connectivity index (χ4n) is 2.76. The molecule has 2 rings (SSSR count). The molecule has 0 aliphatic carbocycles. The molecule has 9 heteroatoms. The van der Waals surface area contributed by atoms with Gasteiger partial charge in [0.1, 0.15) is 11.7 Å². The number of benzene rings is 1. The maximum atomic E-state index is 12.6. The zero-order chi connectivity index (χ0) is 21.4. The monoisotopic (exact) mass is 401 g/mol. The van der Waals surface area contributed by atoms with Crippen molar-refractivity contribution < 1.29 is 28.7 Å². The minimum absolute atomic E-state index is 0.0316. The van der Waals surface area contributed by atoms with Gasteiger partial charge in [0.05, 0.1) is 31.1 Å². The van der Waals surface area contributed by atoms with Gasteiger partial charge in [0.15, 0.2) is 0 Å². The number of rotatable bonds is 9. The van der Waals surface area contributed by atoms with Gasteiger partial charge in [-0.15, -0.1) is 0 Å². The van der Waals surface area contributed by atoms with Crippen LogP contribution in [0.2, 0.25) is 0 Å². The SMILES string of the molecule is CCOC(=O)C[C@H](C(=O)OCC)[C@@H](NC(=O)c1ccc2ccccc2n1)C(N)=O. The fraction of sp³-hybridized carbons (Fsp3) is 0.350. The second-order valence-electron chi connectivity index (χ2n) is 6.11. The van der Waals surface area contributed by atoms with Crippen LogP contribution in [-0.2, 0) is 23.9 Å². The van der Waals surface area contributed by atoms with Crippen LogP contribution in [0.1, 0.15) is 30.8 Å². The fourth-order valence-corrected chi connectivity index (χ4v) is 2.76. The maximum absolute atomic E-state index is 12.6. The van der Waals surface area contributed by atoms with Crippen LogP contribution >= 0.6 is 0 Å². The highest BCUT2D eigenvalue weighted by molar-refractivity contribution is 5.99. The molecule has 0 bridgehead atoms. The summed E-state index contributed by atoms with van der Waals surface area (Å²) < 4.78 is 9.78. The summed E-state index contributed by atoms with van der Waals surface area (Å²) in [7, 11) is 0. The molecule has 1 heterocycles. The number of carbonyl (C=O) groups is 4. The van der Waals surface area contributed by atoms with Gasteiger partial charge in [-0.3, -0.25) is 19.2 Å². The van der Waals surface area contributed by atoms with Crippen molar-refractivity contribution >= 4 is 34.7 Å². The summed E-state index contributed by atoms with van der Waals surface area (Å²) in [4.78, 5) is 53.1. The number of amides is 2. The molecule has 0 radical (unpaired) electrons. The molecule has 9 nitrogen and oxygen atoms in total. The molecule has 0 aliphatic heterocycles. The van der Waals surface area contributed by atoms with Crippen LogP contribution < -0.4 is 11.1 Å². The first-order valence-electron chi connectivity index (χ1n) is 9.15. The van der Waals surface area contributed by atoms with Gasteiger partial charge in [-0.25, -0.2) is 4.98 Å². The predicted octanol–water partition coefficient (Wildman–Crippen LogP) is 0.951. The Kier molecular flexibility index (Phi) is 7.64. The van der Waals surface area contributed by atoms with E-state index in [0.717, 1.165) is 5.39 Å². The van der Waals surface area contributed by atoms with Gasteiger partial charge >= 0.3 is 11.9 Å². The van der Waals surface area contributed by atoms with Crippen molar-refractivity contribution in [3.8, 4) is 0 Å². The van der Waals surface area contributed by atoms with E-state index in [1.54, 1.807) is 32.0 Å². The summed E-state index contributed by atoms with van der Waals surface area (Å²) in [5.41, 5.74) is 6.03. The lowest BCUT2D eigenvalue weighted by Gasteiger charge is -2.23. The number of aromatic nitrogens is 1. The van der Waals surface area contributed by atoms with Gasteiger partial charge in [0, 0.05) is 5.39 Å². The number of esters is 2. The van der Waals surface area contributed by atoms with E-state index in [9.17, 15) is 19.2 Å². The number of hydrogen-bond acceptors (Lipinski definition) is 7. The zero-order valence-corrected chi connectivity index (χ0v) is 16.2. The van der Waals surface area contributed by atoms with E-state index in [2.05, 4.69) is 10.3 Å². The number of para-hydroxylation sites is 1. The zero-order valence-electron chi connectivity index (χ0n) is 16.2. The number of nitrogens with two attached hydrogens (primary N) is 1. The van der Waals surface area contributed by atoms with Crippen molar-refractivity contribution in [1.29, 1.82) is 0 Å². The van der Waals surface area contributed by atoms with Crippen molar-refractivity contribution in [1.82, 2.24) is 10.3 Å². The lowest BCUT2D eigenvalue weighted by molar-refractivity contribution is -0.156. The Balaban J connectivity index is 2.27. The van der Waals surface area contributed by atoms with Crippen LogP contribution in [-0.4, -0.2) is 48.0 Å². The number of pyridine rings is 1. The summed E-state index contributed by atoms with van der Waals surface area (Å²) in [5.74, 6) is -4.57. The van der Waals surface area contributed by atoms with Gasteiger partial charge in [0.25, 0.3) is 5.91 Å². The van der Waals surface area contributed by atoms with Crippen molar-refractivity contribution in [2.24, 2.45) is 11.7 Å². The minimum atomic E-state index is -1.47. The Morgan fingerprint density at radius 3 is 2.38 bits per heavy atom. The highest BCUT2D eigenvalue weighted by atomic mass is 16.5. The molecule has 0 fully saturated rings. The van der Waals surface area contributed by atoms with E-state index in [-0.39, 0.29) is 18.9 Å². The highest BCUT2D eigenvalue weighted by Gasteiger charge is 2.37. The average molecular weight is 401 g/mol. The standard InChI is InChI=1S/C20H23N3O6/c1-3-28-16(24)11-13(20(27)29-4-2)17(18(21)25)23-19(26)15-10-9-12-7-5-6-8-14(12)22-15/h5-10,13,17H,3-4,11H2,1-2H3,(H2,21,25)(H,23,26)/t13-,17+/m0/s1. The Bertz CT molecular complexity index is 914. The largest absolute Gasteiger partial charge is 0.466 e. The third-order valence-corrected chi connectivity index (χ3v) is 4.11. The first kappa shape index (κ1) is 21.8. The van der Waals surface area contributed by atoms with Crippen LogP contribution in [0.25, 0.3) is 10.9 Å². The Morgan fingerprint density at radius 2 is 1.72 bits per heavy atom. The summed E-state index contributed by atoms with van der Waals surface area (Å²) in [6, 6.07) is 8.91. The number of fused-ring (bicyclic) bond motifs is 1. The van der Waals surface area contributed by atoms with Gasteiger partial charge in [-0.1, -0.05) is 24.3 Å². The van der Waals surface area contributed by atoms with Crippen molar-refractivity contribution in [2.75, 3.05) is 13.2 Å². The van der Waals surface area contributed by atoms with Crippen LogP contribution in [0.15, 0.2) is 36.4 Å². The third-order valence-electron chi connectivity index (χ3n) is 4.11. The number of nitrogens with one attached hydrogen (secondary N) is 1. The smallest absolute Gasteiger partial charge is 0.312 e. The van der Waals surface area contributed by atoms with E-state index >= 15 is 0 Å². The normalized spacial score (nSPS) is 12.6. The van der Waals surface area contributed by atoms with Gasteiger partial charge in [0.2, 0.25) is 5.91 Å². The number of hydrogen-bond donors (Lipinski definition) is 2. The van der Waals surface area contributed by atoms with Crippen LogP contribution in [0, 0.1) is 5.92 Å². The first-order chi connectivity index (χ1) is 13.9. The molecule has 2 aromatic rings. The second kappa shape index (κ2) is 10.2. The molecular weight excluding hydrogens is 378 g/mol. The van der Waals surface area contributed by atoms with Gasteiger partial charge in [-0.2, -0.15) is 0 Å². The molecule has 0 saturated heterocycles. The lowest BCUT2D eigenvalue weighted by atomic mass is 9.95. The molecule has 0 aliphatic rings. The topological polar surface area (TPSA) is 138 Å². The van der Waals surface area contributed by atoms with Crippen LogP contribution in [0.5, 0.6) is 0 Å². The number of ether oxygens (including phenoxy) is 2. The quantitative estimate of drug-likeness (QED) is 0.597. The minimum Gasteiger partial charge on any atom is -0.466 e. The predicted molar refractivity (Wildman–Crippen MR) is 104 cm³/mol. The van der Waals surface area contributed by atoms with Gasteiger partial charge in [-0.05, 0) is 26.0 Å². The average Bonchev–Trinajstić information content (AvgIpc) is 2.70. The lowest BCUT2D eigenvalue weighted by Crippen LogP contribution is -2.52. The van der Waals surface area contributed by atoms with E-state index < -0.39 is 42.1 Å². The molecule has 0 saturated carbocycles. The number of primary amides is 1. The van der Waals surface area contributed by atoms with Crippen molar-refractivity contribution in [2.45, 2.75) is 26.3 Å². The first-order valence-corrected chi connectivity index (χ1v) is 9.15. The second-order valence-corrected chi connectivity index (χ2v) is 6.11. The van der Waals surface area contributed by atoms with E-state index in [1.165, 1.54) is 6.07 Å². The molecule has 154 valence electrons. The van der Waals surface area contributed by atoms with Crippen molar-refractivity contribution in [3.63, 3.8) is 0 Å². The third kappa shape index (κ3) is 5.74. The molecule has 0 unspecified atom stereocenters. The molecule has 1 aromatic heterocycles. The number of nitrogens with zero attached hydrogens (tertiary/aromatic N) is 1. The summed E-state index contributed by atoms with van der Waals surface area (Å²) in [6.45, 7) is 3.32. The van der Waals surface area contributed by atoms with E-state index in [0.29, 0.717) is 5.52 Å². The molecule has 29 heavy (non-hydrogen) atoms. The summed E-state index contributed by atoms with van der Waals surface area (Å²) >= 11 is 0. The van der Waals surface area contributed by atoms with Crippen molar-refractivity contribution in [3.05, 3.63) is 42.1 Å².